The molecule has 0 radical (unpaired) electrons. The van der Waals surface area contributed by atoms with E-state index in [1.807, 2.05) is 71.0 Å². The third-order valence-corrected chi connectivity index (χ3v) is 5.63. The average Bonchev–Trinajstić information content (AvgIpc) is 3.18. The summed E-state index contributed by atoms with van der Waals surface area (Å²) in [4.78, 5) is 27.6. The van der Waals surface area contributed by atoms with Crippen molar-refractivity contribution < 1.29 is 9.59 Å². The van der Waals surface area contributed by atoms with Crippen molar-refractivity contribution in [2.45, 2.75) is 46.2 Å². The highest BCUT2D eigenvalue weighted by Gasteiger charge is 2.37. The van der Waals surface area contributed by atoms with Crippen molar-refractivity contribution in [3.63, 3.8) is 0 Å². The third kappa shape index (κ3) is 4.05. The summed E-state index contributed by atoms with van der Waals surface area (Å²) in [6.07, 6.45) is 0. The van der Waals surface area contributed by atoms with E-state index in [0.717, 1.165) is 17.1 Å². The number of para-hydroxylation sites is 1. The van der Waals surface area contributed by atoms with Crippen LogP contribution in [0.2, 0.25) is 0 Å². The maximum Gasteiger partial charge on any atom is 0.257 e. The molecule has 0 aliphatic carbocycles. The summed E-state index contributed by atoms with van der Waals surface area (Å²) >= 11 is 1.62. The van der Waals surface area contributed by atoms with Crippen LogP contribution in [0, 0.1) is 13.8 Å². The first-order valence-corrected chi connectivity index (χ1v) is 10.3. The smallest absolute Gasteiger partial charge is 0.257 e. The number of rotatable bonds is 3. The van der Waals surface area contributed by atoms with Gasteiger partial charge in [-0.15, -0.1) is 11.8 Å². The van der Waals surface area contributed by atoms with Crippen LogP contribution < -0.4 is 5.32 Å². The average molecular weight is 386 g/mol. The Kier molecular flexibility index (Phi) is 5.38. The summed E-state index contributed by atoms with van der Waals surface area (Å²) in [5.41, 5.74) is 3.28. The second-order valence-corrected chi connectivity index (χ2v) is 8.99. The van der Waals surface area contributed by atoms with Gasteiger partial charge >= 0.3 is 0 Å². The first kappa shape index (κ1) is 19.5. The molecular formula is C21H27N3O2S. The fourth-order valence-electron chi connectivity index (χ4n) is 3.42. The predicted molar refractivity (Wildman–Crippen MR) is 110 cm³/mol. The maximum atomic E-state index is 13.3. The largest absolute Gasteiger partial charge is 0.350 e. The van der Waals surface area contributed by atoms with Gasteiger partial charge in [0.05, 0.1) is 11.4 Å². The Morgan fingerprint density at radius 1 is 1.15 bits per heavy atom. The van der Waals surface area contributed by atoms with Gasteiger partial charge in [0.15, 0.2) is 0 Å². The van der Waals surface area contributed by atoms with E-state index in [1.54, 1.807) is 16.7 Å². The van der Waals surface area contributed by atoms with Crippen LogP contribution in [0.3, 0.4) is 0 Å². The molecule has 0 saturated carbocycles. The lowest BCUT2D eigenvalue weighted by Gasteiger charge is -2.27. The summed E-state index contributed by atoms with van der Waals surface area (Å²) in [6.45, 7) is 9.81. The van der Waals surface area contributed by atoms with Gasteiger partial charge in [0.1, 0.15) is 6.04 Å². The monoisotopic (exact) mass is 385 g/mol. The summed E-state index contributed by atoms with van der Waals surface area (Å²) in [5.74, 6) is 1.00. The summed E-state index contributed by atoms with van der Waals surface area (Å²) in [6, 6.07) is 11.5. The molecule has 2 heterocycles. The number of benzene rings is 1. The van der Waals surface area contributed by atoms with E-state index in [9.17, 15) is 9.59 Å². The number of aryl methyl sites for hydroxylation is 1. The Morgan fingerprint density at radius 3 is 2.44 bits per heavy atom. The Morgan fingerprint density at radius 2 is 1.81 bits per heavy atom. The van der Waals surface area contributed by atoms with E-state index in [2.05, 4.69) is 9.88 Å². The van der Waals surface area contributed by atoms with Gasteiger partial charge in [-0.3, -0.25) is 9.59 Å². The van der Waals surface area contributed by atoms with E-state index in [4.69, 9.17) is 0 Å². The van der Waals surface area contributed by atoms with Crippen LogP contribution in [-0.2, 0) is 4.79 Å². The summed E-state index contributed by atoms with van der Waals surface area (Å²) < 4.78 is 2.08. The van der Waals surface area contributed by atoms with Crippen LogP contribution in [-0.4, -0.2) is 44.5 Å². The van der Waals surface area contributed by atoms with Gasteiger partial charge in [0.25, 0.3) is 5.91 Å². The zero-order valence-corrected chi connectivity index (χ0v) is 17.4. The second kappa shape index (κ2) is 7.43. The SMILES string of the molecule is Cc1cc(C(=O)N2CSCC2C(=O)NC(C)(C)C)c(C)n1-c1ccccc1. The molecule has 1 atom stereocenters. The zero-order valence-electron chi connectivity index (χ0n) is 16.6. The second-order valence-electron chi connectivity index (χ2n) is 7.99. The number of thioether (sulfide) groups is 1. The fraction of sp³-hybridized carbons (Fsp3) is 0.429. The van der Waals surface area contributed by atoms with Gasteiger partial charge in [0.2, 0.25) is 5.91 Å². The highest BCUT2D eigenvalue weighted by atomic mass is 32.2. The zero-order chi connectivity index (χ0) is 19.8. The minimum Gasteiger partial charge on any atom is -0.350 e. The van der Waals surface area contributed by atoms with E-state index in [0.29, 0.717) is 17.2 Å². The van der Waals surface area contributed by atoms with E-state index < -0.39 is 6.04 Å². The van der Waals surface area contributed by atoms with Gasteiger partial charge in [-0.05, 0) is 52.8 Å². The van der Waals surface area contributed by atoms with Gasteiger partial charge in [0, 0.05) is 28.4 Å². The van der Waals surface area contributed by atoms with Gasteiger partial charge in [-0.2, -0.15) is 0 Å². The first-order valence-electron chi connectivity index (χ1n) is 9.14. The van der Waals surface area contributed by atoms with Crippen LogP contribution in [0.5, 0.6) is 0 Å². The van der Waals surface area contributed by atoms with Crippen molar-refractivity contribution in [2.75, 3.05) is 11.6 Å². The molecule has 1 N–H and O–H groups in total. The lowest BCUT2D eigenvalue weighted by Crippen LogP contribution is -2.52. The van der Waals surface area contributed by atoms with E-state index in [1.165, 1.54) is 0 Å². The molecule has 1 aromatic heterocycles. The highest BCUT2D eigenvalue weighted by Crippen LogP contribution is 2.27. The van der Waals surface area contributed by atoms with Crippen LogP contribution in [0.25, 0.3) is 5.69 Å². The fourth-order valence-corrected chi connectivity index (χ4v) is 4.58. The molecule has 5 nitrogen and oxygen atoms in total. The van der Waals surface area contributed by atoms with E-state index in [-0.39, 0.29) is 17.4 Å². The standard InChI is InChI=1S/C21H27N3O2S/c1-14-11-17(15(2)24(14)16-9-7-6-8-10-16)20(26)23-13-27-12-18(23)19(25)22-21(3,4)5/h6-11,18H,12-13H2,1-5H3,(H,22,25). The number of nitrogens with one attached hydrogen (secondary N) is 1. The van der Waals surface area contributed by atoms with Gasteiger partial charge < -0.3 is 14.8 Å². The van der Waals surface area contributed by atoms with Gasteiger partial charge in [-0.1, -0.05) is 18.2 Å². The molecule has 1 aliphatic heterocycles. The van der Waals surface area contributed by atoms with Crippen molar-refractivity contribution in [2.24, 2.45) is 0 Å². The summed E-state index contributed by atoms with van der Waals surface area (Å²) in [7, 11) is 0. The van der Waals surface area contributed by atoms with Crippen molar-refractivity contribution in [1.82, 2.24) is 14.8 Å². The quantitative estimate of drug-likeness (QED) is 0.879. The number of carbonyl (C=O) groups excluding carboxylic acids is 2. The minimum atomic E-state index is -0.429. The molecule has 2 aromatic rings. The number of hydrogen-bond donors (Lipinski definition) is 1. The molecule has 1 aliphatic rings. The molecule has 1 saturated heterocycles. The number of amides is 2. The Hall–Kier alpha value is -2.21. The molecule has 0 bridgehead atoms. The molecule has 144 valence electrons. The molecular weight excluding hydrogens is 358 g/mol. The molecule has 1 aromatic carbocycles. The summed E-state index contributed by atoms with van der Waals surface area (Å²) in [5, 5.41) is 3.00. The molecule has 27 heavy (non-hydrogen) atoms. The lowest BCUT2D eigenvalue weighted by molar-refractivity contribution is -0.125. The molecule has 2 amide bonds. The number of nitrogens with zero attached hydrogens (tertiary/aromatic N) is 2. The van der Waals surface area contributed by atoms with Crippen molar-refractivity contribution in [3.05, 3.63) is 53.3 Å². The Labute approximate surface area is 165 Å². The topological polar surface area (TPSA) is 54.3 Å². The number of hydrogen-bond acceptors (Lipinski definition) is 3. The normalized spacial score (nSPS) is 17.2. The van der Waals surface area contributed by atoms with E-state index >= 15 is 0 Å². The molecule has 1 unspecified atom stereocenters. The molecule has 0 spiro atoms. The Balaban J connectivity index is 1.89. The third-order valence-electron chi connectivity index (χ3n) is 4.62. The number of carbonyl (C=O) groups is 2. The molecule has 1 fully saturated rings. The maximum absolute atomic E-state index is 13.3. The molecule has 6 heteroatoms. The van der Waals surface area contributed by atoms with Crippen LogP contribution >= 0.6 is 11.8 Å². The minimum absolute atomic E-state index is 0.0793. The lowest BCUT2D eigenvalue weighted by atomic mass is 10.1. The van der Waals surface area contributed by atoms with Crippen molar-refractivity contribution >= 4 is 23.6 Å². The van der Waals surface area contributed by atoms with Crippen molar-refractivity contribution in [1.29, 1.82) is 0 Å². The first-order chi connectivity index (χ1) is 12.7. The van der Waals surface area contributed by atoms with Crippen molar-refractivity contribution in [3.8, 4) is 5.69 Å². The Bertz CT molecular complexity index is 852. The highest BCUT2D eigenvalue weighted by molar-refractivity contribution is 7.99. The van der Waals surface area contributed by atoms with Gasteiger partial charge in [-0.25, -0.2) is 0 Å². The molecule has 3 rings (SSSR count). The number of aromatic nitrogens is 1. The van der Waals surface area contributed by atoms with Crippen LogP contribution in [0.15, 0.2) is 36.4 Å². The van der Waals surface area contributed by atoms with Crippen LogP contribution in [0.4, 0.5) is 0 Å². The predicted octanol–water partition coefficient (Wildman–Crippen LogP) is 3.52. The van der Waals surface area contributed by atoms with Crippen LogP contribution in [0.1, 0.15) is 42.5 Å².